The Morgan fingerprint density at radius 1 is 1.25 bits per heavy atom. The quantitative estimate of drug-likeness (QED) is 0.936. The van der Waals surface area contributed by atoms with Crippen LogP contribution in [0, 0.1) is 0 Å². The van der Waals surface area contributed by atoms with Crippen molar-refractivity contribution < 1.29 is 9.53 Å². The highest BCUT2D eigenvalue weighted by atomic mass is 35.5. The third-order valence-corrected chi connectivity index (χ3v) is 3.82. The minimum atomic E-state index is -0.222. The Balaban J connectivity index is 1.96. The van der Waals surface area contributed by atoms with Crippen molar-refractivity contribution in [2.24, 2.45) is 0 Å². The van der Waals surface area contributed by atoms with Crippen LogP contribution < -0.4 is 10.1 Å². The van der Waals surface area contributed by atoms with Crippen LogP contribution in [-0.2, 0) is 11.2 Å². The van der Waals surface area contributed by atoms with E-state index in [1.807, 2.05) is 36.4 Å². The summed E-state index contributed by atoms with van der Waals surface area (Å²) in [5.41, 5.74) is 2.82. The molecule has 1 aliphatic heterocycles. The van der Waals surface area contributed by atoms with Gasteiger partial charge in [-0.3, -0.25) is 4.79 Å². The summed E-state index contributed by atoms with van der Waals surface area (Å²) in [5.74, 6) is 0.587. The van der Waals surface area contributed by atoms with E-state index in [0.717, 1.165) is 22.6 Å². The first-order chi connectivity index (χ1) is 9.69. The smallest absolute Gasteiger partial charge is 0.232 e. The molecule has 1 amide bonds. The van der Waals surface area contributed by atoms with Gasteiger partial charge in [0.25, 0.3) is 0 Å². The van der Waals surface area contributed by atoms with Gasteiger partial charge in [-0.15, -0.1) is 0 Å². The van der Waals surface area contributed by atoms with Crippen LogP contribution in [0.2, 0.25) is 5.02 Å². The van der Waals surface area contributed by atoms with E-state index in [1.54, 1.807) is 13.2 Å². The maximum absolute atomic E-state index is 12.2. The van der Waals surface area contributed by atoms with E-state index in [9.17, 15) is 4.79 Å². The van der Waals surface area contributed by atoms with E-state index in [4.69, 9.17) is 16.3 Å². The number of carbonyl (C=O) groups is 1. The Labute approximate surface area is 122 Å². The molecule has 1 atom stereocenters. The van der Waals surface area contributed by atoms with Crippen molar-refractivity contribution in [2.45, 2.75) is 12.3 Å². The number of benzene rings is 2. The molecule has 1 N–H and O–H groups in total. The minimum Gasteiger partial charge on any atom is -0.496 e. The molecule has 20 heavy (non-hydrogen) atoms. The van der Waals surface area contributed by atoms with E-state index in [-0.39, 0.29) is 11.8 Å². The first kappa shape index (κ1) is 13.0. The van der Waals surface area contributed by atoms with Crippen LogP contribution in [0.1, 0.15) is 17.0 Å². The molecule has 0 radical (unpaired) electrons. The molecule has 3 nitrogen and oxygen atoms in total. The van der Waals surface area contributed by atoms with Crippen LogP contribution in [0.15, 0.2) is 42.5 Å². The van der Waals surface area contributed by atoms with Gasteiger partial charge in [0.1, 0.15) is 5.75 Å². The van der Waals surface area contributed by atoms with Crippen LogP contribution in [0.3, 0.4) is 0 Å². The van der Waals surface area contributed by atoms with Crippen LogP contribution >= 0.6 is 11.6 Å². The molecule has 0 saturated carbocycles. The Hall–Kier alpha value is -2.00. The zero-order chi connectivity index (χ0) is 14.1. The Morgan fingerprint density at radius 3 is 2.85 bits per heavy atom. The number of methoxy groups -OCH3 is 1. The normalized spacial score (nSPS) is 16.7. The average Bonchev–Trinajstić information content (AvgIpc) is 2.76. The summed E-state index contributed by atoms with van der Waals surface area (Å²) in [6.45, 7) is 0. The Kier molecular flexibility index (Phi) is 3.36. The number of anilines is 1. The molecule has 1 aliphatic rings. The van der Waals surface area contributed by atoms with Gasteiger partial charge in [-0.2, -0.15) is 0 Å². The molecule has 0 spiro atoms. The number of carbonyl (C=O) groups excluding carboxylic acids is 1. The second kappa shape index (κ2) is 5.17. The van der Waals surface area contributed by atoms with Gasteiger partial charge in [-0.05, 0) is 41.8 Å². The molecule has 0 aliphatic carbocycles. The number of ether oxygens (including phenoxy) is 1. The lowest BCUT2D eigenvalue weighted by atomic mass is 9.93. The standard InChI is InChI=1S/C16H14ClNO2/c1-20-15-5-3-2-4-10(15)8-13-12-9-11(17)6-7-14(12)18-16(13)19/h2-7,9,13H,8H2,1H3,(H,18,19)/t13-/m0/s1. The highest BCUT2D eigenvalue weighted by molar-refractivity contribution is 6.31. The lowest BCUT2D eigenvalue weighted by Gasteiger charge is -2.12. The fraction of sp³-hybridized carbons (Fsp3) is 0.188. The fourth-order valence-electron chi connectivity index (χ4n) is 2.59. The average molecular weight is 288 g/mol. The highest BCUT2D eigenvalue weighted by Crippen LogP contribution is 2.37. The van der Waals surface area contributed by atoms with Gasteiger partial charge >= 0.3 is 0 Å². The summed E-state index contributed by atoms with van der Waals surface area (Å²) in [4.78, 5) is 12.2. The monoisotopic (exact) mass is 287 g/mol. The summed E-state index contributed by atoms with van der Waals surface area (Å²) in [5, 5.41) is 3.54. The van der Waals surface area contributed by atoms with Crippen LogP contribution in [0.25, 0.3) is 0 Å². The number of rotatable bonds is 3. The molecule has 0 fully saturated rings. The first-order valence-corrected chi connectivity index (χ1v) is 6.79. The van der Waals surface area contributed by atoms with Crippen LogP contribution in [0.4, 0.5) is 5.69 Å². The zero-order valence-corrected chi connectivity index (χ0v) is 11.8. The fourth-order valence-corrected chi connectivity index (χ4v) is 2.77. The molecule has 4 heteroatoms. The molecule has 3 rings (SSSR count). The summed E-state index contributed by atoms with van der Waals surface area (Å²) >= 11 is 6.03. The van der Waals surface area contributed by atoms with Crippen molar-refractivity contribution >= 4 is 23.2 Å². The summed E-state index contributed by atoms with van der Waals surface area (Å²) in [6, 6.07) is 13.2. The minimum absolute atomic E-state index is 0.00757. The number of fused-ring (bicyclic) bond motifs is 1. The zero-order valence-electron chi connectivity index (χ0n) is 11.0. The molecular weight excluding hydrogens is 274 g/mol. The van der Waals surface area contributed by atoms with Gasteiger partial charge in [-0.25, -0.2) is 0 Å². The Morgan fingerprint density at radius 2 is 2.05 bits per heavy atom. The van der Waals surface area contributed by atoms with Gasteiger partial charge < -0.3 is 10.1 Å². The van der Waals surface area contributed by atoms with Gasteiger partial charge in [0, 0.05) is 10.7 Å². The number of amides is 1. The molecule has 1 heterocycles. The number of hydrogen-bond donors (Lipinski definition) is 1. The van der Waals surface area contributed by atoms with Crippen molar-refractivity contribution in [1.82, 2.24) is 0 Å². The number of halogens is 1. The van der Waals surface area contributed by atoms with E-state index in [0.29, 0.717) is 11.4 Å². The molecule has 0 unspecified atom stereocenters. The van der Waals surface area contributed by atoms with Crippen molar-refractivity contribution in [2.75, 3.05) is 12.4 Å². The molecule has 2 aromatic carbocycles. The van der Waals surface area contributed by atoms with E-state index in [2.05, 4.69) is 5.32 Å². The summed E-state index contributed by atoms with van der Waals surface area (Å²) in [6.07, 6.45) is 0.600. The third kappa shape index (κ3) is 2.25. The van der Waals surface area contributed by atoms with E-state index < -0.39 is 0 Å². The number of para-hydroxylation sites is 1. The largest absolute Gasteiger partial charge is 0.496 e. The van der Waals surface area contributed by atoms with E-state index in [1.165, 1.54) is 0 Å². The number of nitrogens with one attached hydrogen (secondary N) is 1. The summed E-state index contributed by atoms with van der Waals surface area (Å²) < 4.78 is 5.34. The van der Waals surface area contributed by atoms with Gasteiger partial charge in [-0.1, -0.05) is 29.8 Å². The van der Waals surface area contributed by atoms with Gasteiger partial charge in [0.05, 0.1) is 13.0 Å². The van der Waals surface area contributed by atoms with Crippen LogP contribution in [-0.4, -0.2) is 13.0 Å². The highest BCUT2D eigenvalue weighted by Gasteiger charge is 2.31. The third-order valence-electron chi connectivity index (χ3n) is 3.58. The molecule has 0 aromatic heterocycles. The topological polar surface area (TPSA) is 38.3 Å². The first-order valence-electron chi connectivity index (χ1n) is 6.41. The molecular formula is C16H14ClNO2. The van der Waals surface area contributed by atoms with Crippen molar-refractivity contribution in [3.63, 3.8) is 0 Å². The molecule has 2 aromatic rings. The maximum Gasteiger partial charge on any atom is 0.232 e. The predicted octanol–water partition coefficient (Wildman–Crippen LogP) is 3.63. The van der Waals surface area contributed by atoms with Crippen molar-refractivity contribution in [1.29, 1.82) is 0 Å². The summed E-state index contributed by atoms with van der Waals surface area (Å²) in [7, 11) is 1.64. The van der Waals surface area contributed by atoms with E-state index >= 15 is 0 Å². The predicted molar refractivity (Wildman–Crippen MR) is 79.5 cm³/mol. The lowest BCUT2D eigenvalue weighted by molar-refractivity contribution is -0.117. The lowest BCUT2D eigenvalue weighted by Crippen LogP contribution is -2.14. The molecule has 0 bridgehead atoms. The SMILES string of the molecule is COc1ccccc1C[C@@H]1C(=O)Nc2ccc(Cl)cc21. The molecule has 102 valence electrons. The van der Waals surface area contributed by atoms with Gasteiger partial charge in [0.15, 0.2) is 0 Å². The second-order valence-electron chi connectivity index (χ2n) is 4.79. The van der Waals surface area contributed by atoms with Crippen LogP contribution in [0.5, 0.6) is 5.75 Å². The molecule has 0 saturated heterocycles. The second-order valence-corrected chi connectivity index (χ2v) is 5.23. The maximum atomic E-state index is 12.2. The number of hydrogen-bond acceptors (Lipinski definition) is 2. The van der Waals surface area contributed by atoms with Crippen molar-refractivity contribution in [3.05, 3.63) is 58.6 Å². The Bertz CT molecular complexity index is 669. The van der Waals surface area contributed by atoms with Crippen molar-refractivity contribution in [3.8, 4) is 5.75 Å². The van der Waals surface area contributed by atoms with Gasteiger partial charge in [0.2, 0.25) is 5.91 Å².